The van der Waals surface area contributed by atoms with E-state index < -0.39 is 0 Å². The van der Waals surface area contributed by atoms with E-state index in [1.165, 1.54) is 11.1 Å². The minimum Gasteiger partial charge on any atom is -0.121 e. The molecule has 0 saturated heterocycles. The van der Waals surface area contributed by atoms with Gasteiger partial charge >= 0.3 is 0 Å². The summed E-state index contributed by atoms with van der Waals surface area (Å²) in [6.07, 6.45) is 0. The first kappa shape index (κ1) is 9.88. The van der Waals surface area contributed by atoms with E-state index in [0.29, 0.717) is 5.88 Å². The highest BCUT2D eigenvalue weighted by Gasteiger charge is 2.07. The summed E-state index contributed by atoms with van der Waals surface area (Å²) in [4.78, 5) is 0. The maximum absolute atomic E-state index is 6.09. The third-order valence-electron chi connectivity index (χ3n) is 2.30. The van der Waals surface area contributed by atoms with Crippen molar-refractivity contribution < 1.29 is 0 Å². The highest BCUT2D eigenvalue weighted by atomic mass is 35.5. The van der Waals surface area contributed by atoms with Crippen LogP contribution >= 0.6 is 23.2 Å². The lowest BCUT2D eigenvalue weighted by Crippen LogP contribution is -1.92. The summed E-state index contributed by atoms with van der Waals surface area (Å²) < 4.78 is 0. The zero-order valence-corrected chi connectivity index (χ0v) is 9.05. The molecular weight excluding hydrogens is 191 g/mol. The molecule has 0 amide bonds. The lowest BCUT2D eigenvalue weighted by molar-refractivity contribution is 1.22. The predicted octanol–water partition coefficient (Wildman–Crippen LogP) is 4.00. The Balaban J connectivity index is 3.39. The number of rotatable bonds is 1. The average Bonchev–Trinajstić information content (AvgIpc) is 2.08. The molecular formula is C10H12Cl2. The van der Waals surface area contributed by atoms with Crippen LogP contribution in [0.4, 0.5) is 0 Å². The van der Waals surface area contributed by atoms with E-state index >= 15 is 0 Å². The van der Waals surface area contributed by atoms with Gasteiger partial charge in [-0.1, -0.05) is 17.7 Å². The lowest BCUT2D eigenvalue weighted by Gasteiger charge is -2.10. The normalized spacial score (nSPS) is 10.4. The van der Waals surface area contributed by atoms with Crippen molar-refractivity contribution in [1.82, 2.24) is 0 Å². The molecule has 0 N–H and O–H groups in total. The number of benzene rings is 1. The first-order valence-electron chi connectivity index (χ1n) is 3.89. The second-order valence-corrected chi connectivity index (χ2v) is 3.70. The molecule has 0 aliphatic carbocycles. The highest BCUT2D eigenvalue weighted by molar-refractivity contribution is 6.33. The van der Waals surface area contributed by atoms with Crippen LogP contribution in [-0.4, -0.2) is 0 Å². The standard InChI is InChI=1S/C10H12Cl2/c1-6-4-9(5-11)10(12)8(3)7(6)2/h4H,5H2,1-3H3. The van der Waals surface area contributed by atoms with Crippen molar-refractivity contribution in [3.05, 3.63) is 33.3 Å². The molecule has 0 spiro atoms. The quantitative estimate of drug-likeness (QED) is 0.605. The number of alkyl halides is 1. The molecule has 0 heterocycles. The van der Waals surface area contributed by atoms with Crippen molar-refractivity contribution in [3.8, 4) is 0 Å². The Morgan fingerprint density at radius 1 is 1.17 bits per heavy atom. The maximum atomic E-state index is 6.09. The topological polar surface area (TPSA) is 0 Å². The van der Waals surface area contributed by atoms with Crippen LogP contribution < -0.4 is 0 Å². The van der Waals surface area contributed by atoms with Gasteiger partial charge < -0.3 is 0 Å². The van der Waals surface area contributed by atoms with Crippen molar-refractivity contribution >= 4 is 23.2 Å². The summed E-state index contributed by atoms with van der Waals surface area (Å²) in [5.74, 6) is 0.487. The summed E-state index contributed by atoms with van der Waals surface area (Å²) in [6.45, 7) is 6.18. The molecule has 0 unspecified atom stereocenters. The number of aryl methyl sites for hydroxylation is 1. The Bertz CT molecular complexity index is 303. The van der Waals surface area contributed by atoms with Crippen LogP contribution in [0.2, 0.25) is 5.02 Å². The van der Waals surface area contributed by atoms with Gasteiger partial charge in [-0.3, -0.25) is 0 Å². The van der Waals surface area contributed by atoms with Gasteiger partial charge in [-0.2, -0.15) is 0 Å². The molecule has 0 aliphatic rings. The largest absolute Gasteiger partial charge is 0.121 e. The van der Waals surface area contributed by atoms with E-state index in [2.05, 4.69) is 19.9 Å². The molecule has 0 aromatic heterocycles. The van der Waals surface area contributed by atoms with E-state index in [1.807, 2.05) is 6.92 Å². The van der Waals surface area contributed by atoms with Gasteiger partial charge in [0.15, 0.2) is 0 Å². The van der Waals surface area contributed by atoms with Crippen LogP contribution in [0.1, 0.15) is 22.3 Å². The molecule has 12 heavy (non-hydrogen) atoms. The van der Waals surface area contributed by atoms with Crippen molar-refractivity contribution in [2.24, 2.45) is 0 Å². The SMILES string of the molecule is Cc1cc(CCl)c(Cl)c(C)c1C. The fourth-order valence-corrected chi connectivity index (χ4v) is 1.77. The van der Waals surface area contributed by atoms with Gasteiger partial charge in [-0.05, 0) is 43.0 Å². The van der Waals surface area contributed by atoms with Gasteiger partial charge in [0.1, 0.15) is 0 Å². The summed E-state index contributed by atoms with van der Waals surface area (Å²) in [6, 6.07) is 2.05. The highest BCUT2D eigenvalue weighted by Crippen LogP contribution is 2.27. The fraction of sp³-hybridized carbons (Fsp3) is 0.400. The van der Waals surface area contributed by atoms with Crippen LogP contribution in [0.15, 0.2) is 6.07 Å². The van der Waals surface area contributed by atoms with Gasteiger partial charge in [-0.15, -0.1) is 11.6 Å². The first-order chi connectivity index (χ1) is 5.57. The van der Waals surface area contributed by atoms with Crippen LogP contribution in [0, 0.1) is 20.8 Å². The molecule has 0 saturated carbocycles. The Morgan fingerprint density at radius 3 is 2.25 bits per heavy atom. The summed E-state index contributed by atoms with van der Waals surface area (Å²) in [5.41, 5.74) is 4.69. The molecule has 0 nitrogen and oxygen atoms in total. The second-order valence-electron chi connectivity index (χ2n) is 3.05. The molecule has 1 aromatic rings. The van der Waals surface area contributed by atoms with Crippen molar-refractivity contribution in [2.75, 3.05) is 0 Å². The summed E-state index contributed by atoms with van der Waals surface area (Å²) in [5, 5.41) is 0.813. The fourth-order valence-electron chi connectivity index (χ4n) is 1.23. The van der Waals surface area contributed by atoms with E-state index in [4.69, 9.17) is 23.2 Å². The summed E-state index contributed by atoms with van der Waals surface area (Å²) >= 11 is 11.8. The molecule has 0 atom stereocenters. The van der Waals surface area contributed by atoms with Crippen LogP contribution in [-0.2, 0) is 5.88 Å². The van der Waals surface area contributed by atoms with Gasteiger partial charge in [0.2, 0.25) is 0 Å². The van der Waals surface area contributed by atoms with E-state index in [0.717, 1.165) is 16.1 Å². The monoisotopic (exact) mass is 202 g/mol. The molecule has 66 valence electrons. The van der Waals surface area contributed by atoms with Gasteiger partial charge in [0, 0.05) is 10.9 Å². The number of halogens is 2. The Morgan fingerprint density at radius 2 is 1.75 bits per heavy atom. The second kappa shape index (κ2) is 3.68. The third kappa shape index (κ3) is 1.60. The molecule has 2 heteroatoms. The number of hydrogen-bond donors (Lipinski definition) is 0. The van der Waals surface area contributed by atoms with Crippen LogP contribution in [0.3, 0.4) is 0 Å². The van der Waals surface area contributed by atoms with Crippen LogP contribution in [0.5, 0.6) is 0 Å². The minimum absolute atomic E-state index is 0.487. The molecule has 0 aliphatic heterocycles. The lowest BCUT2D eigenvalue weighted by atomic mass is 10.0. The van der Waals surface area contributed by atoms with E-state index in [1.54, 1.807) is 0 Å². The van der Waals surface area contributed by atoms with Crippen molar-refractivity contribution in [2.45, 2.75) is 26.7 Å². The molecule has 0 radical (unpaired) electrons. The molecule has 1 aromatic carbocycles. The van der Waals surface area contributed by atoms with Crippen LogP contribution in [0.25, 0.3) is 0 Å². The predicted molar refractivity (Wildman–Crippen MR) is 55.2 cm³/mol. The van der Waals surface area contributed by atoms with Crippen molar-refractivity contribution in [1.29, 1.82) is 0 Å². The zero-order valence-electron chi connectivity index (χ0n) is 7.54. The van der Waals surface area contributed by atoms with Gasteiger partial charge in [-0.25, -0.2) is 0 Å². The van der Waals surface area contributed by atoms with Gasteiger partial charge in [0.05, 0.1) is 0 Å². The molecule has 0 bridgehead atoms. The van der Waals surface area contributed by atoms with E-state index in [-0.39, 0.29) is 0 Å². The maximum Gasteiger partial charge on any atom is 0.0489 e. The molecule has 0 fully saturated rings. The first-order valence-corrected chi connectivity index (χ1v) is 4.80. The smallest absolute Gasteiger partial charge is 0.0489 e. The molecule has 1 rings (SSSR count). The Hall–Kier alpha value is -0.200. The summed E-state index contributed by atoms with van der Waals surface area (Å²) in [7, 11) is 0. The van der Waals surface area contributed by atoms with Gasteiger partial charge in [0.25, 0.3) is 0 Å². The Kier molecular flexibility index (Phi) is 3.03. The number of hydrogen-bond acceptors (Lipinski definition) is 0. The Labute approximate surface area is 83.5 Å². The average molecular weight is 203 g/mol. The van der Waals surface area contributed by atoms with Crippen molar-refractivity contribution in [3.63, 3.8) is 0 Å². The third-order valence-corrected chi connectivity index (χ3v) is 3.11. The zero-order chi connectivity index (χ0) is 9.30. The minimum atomic E-state index is 0.487. The van der Waals surface area contributed by atoms with E-state index in [9.17, 15) is 0 Å².